The van der Waals surface area contributed by atoms with Crippen LogP contribution in [0.4, 0.5) is 8.78 Å². The summed E-state index contributed by atoms with van der Waals surface area (Å²) in [4.78, 5) is 18.3. The van der Waals surface area contributed by atoms with Crippen LogP contribution in [0.3, 0.4) is 0 Å². The summed E-state index contributed by atoms with van der Waals surface area (Å²) in [5.41, 5.74) is 1.27. The quantitative estimate of drug-likeness (QED) is 0.306. The van der Waals surface area contributed by atoms with E-state index in [1.807, 2.05) is 0 Å². The summed E-state index contributed by atoms with van der Waals surface area (Å²) in [6.45, 7) is 1.78. The first-order valence-electron chi connectivity index (χ1n) is 13.0. The molecule has 39 heavy (non-hydrogen) atoms. The van der Waals surface area contributed by atoms with Gasteiger partial charge in [-0.3, -0.25) is 14.7 Å². The molecule has 1 aliphatic heterocycles. The Hall–Kier alpha value is -3.34. The summed E-state index contributed by atoms with van der Waals surface area (Å²) >= 11 is 0. The van der Waals surface area contributed by atoms with E-state index in [0.717, 1.165) is 18.2 Å². The zero-order chi connectivity index (χ0) is 28.0. The maximum Gasteiger partial charge on any atom is 0.303 e. The Bertz CT molecular complexity index is 1270. The normalized spacial score (nSPS) is 16.2. The molecule has 0 bridgehead atoms. The monoisotopic (exact) mass is 544 g/mol. The van der Waals surface area contributed by atoms with Crippen LogP contribution in [0.2, 0.25) is 0 Å². The highest BCUT2D eigenvalue weighted by molar-refractivity contribution is 5.85. The summed E-state index contributed by atoms with van der Waals surface area (Å²) in [5.74, 6) is -1.55. The van der Waals surface area contributed by atoms with Gasteiger partial charge in [-0.2, -0.15) is 0 Å². The van der Waals surface area contributed by atoms with Crippen LogP contribution < -0.4 is 9.47 Å². The Morgan fingerprint density at radius 2 is 1.85 bits per heavy atom. The highest BCUT2D eigenvalue weighted by Crippen LogP contribution is 2.42. The van der Waals surface area contributed by atoms with Crippen molar-refractivity contribution < 1.29 is 38.4 Å². The summed E-state index contributed by atoms with van der Waals surface area (Å²) < 4.78 is 37.6. The number of nitrogens with zero attached hydrogens (tertiary/aromatic N) is 2. The number of fused-ring (bicyclic) bond motifs is 1. The molecule has 4 rings (SSSR count). The summed E-state index contributed by atoms with van der Waals surface area (Å²) in [7, 11) is 1.55. The van der Waals surface area contributed by atoms with Gasteiger partial charge in [0.05, 0.1) is 31.8 Å². The van der Waals surface area contributed by atoms with Crippen molar-refractivity contribution in [1.82, 2.24) is 9.88 Å². The van der Waals surface area contributed by atoms with Crippen LogP contribution in [0.5, 0.6) is 11.5 Å². The highest BCUT2D eigenvalue weighted by atomic mass is 19.1. The van der Waals surface area contributed by atoms with Gasteiger partial charge < -0.3 is 24.8 Å². The molecule has 0 unspecified atom stereocenters. The number of aliphatic hydroxyl groups is 2. The first-order chi connectivity index (χ1) is 18.7. The molecule has 8 nitrogen and oxygen atoms in total. The number of piperidine rings is 1. The number of carboxylic acid groups (broad SMARTS) is 1. The number of hydrogen-bond donors (Lipinski definition) is 3. The molecule has 1 fully saturated rings. The lowest BCUT2D eigenvalue weighted by Gasteiger charge is -2.41. The predicted molar refractivity (Wildman–Crippen MR) is 141 cm³/mol. The van der Waals surface area contributed by atoms with Gasteiger partial charge in [-0.1, -0.05) is 0 Å². The maximum atomic E-state index is 13.4. The van der Waals surface area contributed by atoms with E-state index in [4.69, 9.17) is 9.47 Å². The summed E-state index contributed by atoms with van der Waals surface area (Å²) in [5, 5.41) is 31.6. The number of pyridine rings is 1. The molecule has 1 aromatic heterocycles. The van der Waals surface area contributed by atoms with E-state index in [1.54, 1.807) is 31.5 Å². The van der Waals surface area contributed by atoms with E-state index in [1.165, 1.54) is 0 Å². The van der Waals surface area contributed by atoms with E-state index in [0.29, 0.717) is 73.1 Å². The molecule has 1 aliphatic rings. The third-order valence-electron chi connectivity index (χ3n) is 7.61. The number of aromatic nitrogens is 1. The Labute approximate surface area is 225 Å². The molecule has 3 N–H and O–H groups in total. The fraction of sp³-hybridized carbons (Fsp3) is 0.448. The number of rotatable bonds is 12. The molecule has 210 valence electrons. The molecule has 0 aliphatic carbocycles. The van der Waals surface area contributed by atoms with Gasteiger partial charge in [0.15, 0.2) is 0 Å². The number of ether oxygens (including phenoxy) is 2. The van der Waals surface area contributed by atoms with Crippen molar-refractivity contribution in [1.29, 1.82) is 0 Å². The van der Waals surface area contributed by atoms with E-state index in [2.05, 4.69) is 9.88 Å². The fourth-order valence-corrected chi connectivity index (χ4v) is 5.46. The minimum Gasteiger partial charge on any atom is -0.497 e. The first kappa shape index (κ1) is 28.7. The van der Waals surface area contributed by atoms with Crippen molar-refractivity contribution in [2.45, 2.75) is 44.8 Å². The molecule has 0 saturated carbocycles. The third-order valence-corrected chi connectivity index (χ3v) is 7.61. The zero-order valence-electron chi connectivity index (χ0n) is 21.9. The van der Waals surface area contributed by atoms with Crippen LogP contribution in [-0.2, 0) is 11.4 Å². The van der Waals surface area contributed by atoms with Gasteiger partial charge in [-0.15, -0.1) is 0 Å². The number of aliphatic hydroxyl groups excluding tert-OH is 2. The second-order valence-electron chi connectivity index (χ2n) is 10.2. The number of likely N-dealkylation sites (tertiary alicyclic amines) is 1. The molecule has 1 saturated heterocycles. The molecule has 1 atom stereocenters. The fourth-order valence-electron chi connectivity index (χ4n) is 5.46. The Morgan fingerprint density at radius 1 is 1.13 bits per heavy atom. The van der Waals surface area contributed by atoms with Crippen LogP contribution in [0.1, 0.15) is 49.3 Å². The second-order valence-corrected chi connectivity index (χ2v) is 10.2. The lowest BCUT2D eigenvalue weighted by atomic mass is 9.71. The van der Waals surface area contributed by atoms with Crippen LogP contribution in [0.15, 0.2) is 42.6 Å². The standard InChI is InChI=1S/C29H34F2N2O6/c1-38-22-2-3-25-24(15-22)28(19(18-34)17-32-25)26(35)4-5-29(16-27(36)37)6-8-33(9-7-29)10-11-39-23-13-20(30)12-21(31)14-23/h2-3,12-15,17,26,34-35H,4-11,16,18H2,1H3,(H,36,37)/t26-/m1/s1. The van der Waals surface area contributed by atoms with Crippen LogP contribution in [0, 0.1) is 17.0 Å². The van der Waals surface area contributed by atoms with Crippen molar-refractivity contribution in [2.75, 3.05) is 33.4 Å². The Balaban J connectivity index is 1.40. The van der Waals surface area contributed by atoms with Crippen LogP contribution in [0.25, 0.3) is 10.9 Å². The SMILES string of the molecule is COc1ccc2ncc(CO)c([C@H](O)CCC3(CC(=O)O)CCN(CCOc4cc(F)cc(F)c4)CC3)c2c1. The minimum absolute atomic E-state index is 0.00952. The molecule has 3 aromatic rings. The molecule has 2 heterocycles. The maximum absolute atomic E-state index is 13.4. The van der Waals surface area contributed by atoms with Gasteiger partial charge in [0.2, 0.25) is 0 Å². The van der Waals surface area contributed by atoms with E-state index in [-0.39, 0.29) is 25.4 Å². The number of hydrogen-bond acceptors (Lipinski definition) is 7. The Kier molecular flexibility index (Phi) is 9.32. The van der Waals surface area contributed by atoms with Crippen molar-refractivity contribution in [3.8, 4) is 11.5 Å². The van der Waals surface area contributed by atoms with E-state index >= 15 is 0 Å². The lowest BCUT2D eigenvalue weighted by Crippen LogP contribution is -2.42. The molecule has 2 aromatic carbocycles. The Morgan fingerprint density at radius 3 is 2.49 bits per heavy atom. The van der Waals surface area contributed by atoms with Crippen molar-refractivity contribution >= 4 is 16.9 Å². The average molecular weight is 545 g/mol. The van der Waals surface area contributed by atoms with Gasteiger partial charge in [0.1, 0.15) is 29.7 Å². The van der Waals surface area contributed by atoms with Gasteiger partial charge >= 0.3 is 5.97 Å². The van der Waals surface area contributed by atoms with E-state index in [9.17, 15) is 28.9 Å². The number of benzene rings is 2. The average Bonchev–Trinajstić information content (AvgIpc) is 2.91. The van der Waals surface area contributed by atoms with Crippen molar-refractivity contribution in [3.63, 3.8) is 0 Å². The summed E-state index contributed by atoms with van der Waals surface area (Å²) in [6.07, 6.45) is 2.69. The van der Waals surface area contributed by atoms with Gasteiger partial charge in [-0.05, 0) is 68.0 Å². The molecule has 0 amide bonds. The van der Waals surface area contributed by atoms with Gasteiger partial charge in [0.25, 0.3) is 0 Å². The van der Waals surface area contributed by atoms with Crippen molar-refractivity contribution in [3.05, 3.63) is 65.4 Å². The van der Waals surface area contributed by atoms with E-state index < -0.39 is 29.1 Å². The van der Waals surface area contributed by atoms with Gasteiger partial charge in [0, 0.05) is 41.9 Å². The second kappa shape index (κ2) is 12.7. The van der Waals surface area contributed by atoms with Crippen LogP contribution in [-0.4, -0.2) is 64.5 Å². The smallest absolute Gasteiger partial charge is 0.303 e. The molecular weight excluding hydrogens is 510 g/mol. The lowest BCUT2D eigenvalue weighted by molar-refractivity contribution is -0.141. The minimum atomic E-state index is -0.923. The number of aliphatic carboxylic acids is 1. The highest BCUT2D eigenvalue weighted by Gasteiger charge is 2.37. The summed E-state index contributed by atoms with van der Waals surface area (Å²) in [6, 6.07) is 8.41. The number of carbonyl (C=O) groups is 1. The van der Waals surface area contributed by atoms with Crippen LogP contribution >= 0.6 is 0 Å². The van der Waals surface area contributed by atoms with Gasteiger partial charge in [-0.25, -0.2) is 8.78 Å². The topological polar surface area (TPSA) is 112 Å². The predicted octanol–water partition coefficient (Wildman–Crippen LogP) is 4.46. The molecule has 0 radical (unpaired) electrons. The number of halogens is 2. The third kappa shape index (κ3) is 7.20. The number of carboxylic acids is 1. The molecule has 10 heteroatoms. The zero-order valence-corrected chi connectivity index (χ0v) is 21.9. The molecule has 0 spiro atoms. The largest absolute Gasteiger partial charge is 0.497 e. The van der Waals surface area contributed by atoms with Crippen molar-refractivity contribution in [2.24, 2.45) is 5.41 Å². The molecular formula is C29H34F2N2O6. The first-order valence-corrected chi connectivity index (χ1v) is 13.0. The number of methoxy groups -OCH3 is 1.